The molecule has 3 rings (SSSR count). The van der Waals surface area contributed by atoms with Crippen LogP contribution in [0.25, 0.3) is 0 Å². The number of sulfone groups is 1. The van der Waals surface area contributed by atoms with Gasteiger partial charge in [-0.1, -0.05) is 0 Å². The molecule has 29 heavy (non-hydrogen) atoms. The van der Waals surface area contributed by atoms with Gasteiger partial charge in [-0.25, -0.2) is 12.8 Å². The molecular formula is C20H27FN4O3S. The largest absolute Gasteiger partial charge is 0.325 e. The number of aryl methyl sites for hydroxylation is 1. The molecule has 1 aromatic carbocycles. The fourth-order valence-corrected chi connectivity index (χ4v) is 5.31. The average Bonchev–Trinajstić information content (AvgIpc) is 3.16. The number of nitrogens with one attached hydrogen (secondary N) is 1. The minimum absolute atomic E-state index is 0.126. The fraction of sp³-hybridized carbons (Fsp3) is 0.500. The molecule has 158 valence electrons. The van der Waals surface area contributed by atoms with Crippen molar-refractivity contribution < 1.29 is 17.6 Å². The molecule has 0 bridgehead atoms. The van der Waals surface area contributed by atoms with Crippen LogP contribution in [0.5, 0.6) is 0 Å². The van der Waals surface area contributed by atoms with E-state index in [2.05, 4.69) is 10.4 Å². The van der Waals surface area contributed by atoms with Gasteiger partial charge in [-0.15, -0.1) is 0 Å². The summed E-state index contributed by atoms with van der Waals surface area (Å²) in [6.45, 7) is 6.16. The van der Waals surface area contributed by atoms with Gasteiger partial charge in [-0.05, 0) is 58.5 Å². The summed E-state index contributed by atoms with van der Waals surface area (Å²) in [5, 5.41) is 7.37. The summed E-state index contributed by atoms with van der Waals surface area (Å²) in [6.07, 6.45) is 0.579. The molecule has 0 unspecified atom stereocenters. The minimum Gasteiger partial charge on any atom is -0.325 e. The zero-order chi connectivity index (χ0) is 21.3. The van der Waals surface area contributed by atoms with Crippen LogP contribution >= 0.6 is 0 Å². The Morgan fingerprint density at radius 3 is 2.59 bits per heavy atom. The second-order valence-corrected chi connectivity index (χ2v) is 9.97. The molecular weight excluding hydrogens is 395 g/mol. The van der Waals surface area contributed by atoms with Gasteiger partial charge in [0.15, 0.2) is 9.84 Å². The average molecular weight is 423 g/mol. The molecule has 0 radical (unpaired) electrons. The molecule has 0 aliphatic carbocycles. The third-order valence-corrected chi connectivity index (χ3v) is 7.34. The molecule has 0 saturated carbocycles. The van der Waals surface area contributed by atoms with Gasteiger partial charge in [-0.2, -0.15) is 5.10 Å². The second kappa shape index (κ2) is 8.23. The molecule has 0 spiro atoms. The van der Waals surface area contributed by atoms with E-state index in [0.717, 1.165) is 17.0 Å². The van der Waals surface area contributed by atoms with Crippen LogP contribution in [-0.4, -0.2) is 53.6 Å². The SMILES string of the molecule is Cc1nn([C@H]2CCS(=O)(=O)C2)c(C)c1CN(C)[C@@H](C)C(=O)Nc1ccc(F)cc1. The number of likely N-dealkylation sites (N-methyl/N-ethyl adjacent to an activating group) is 1. The molecule has 9 heteroatoms. The molecule has 2 atom stereocenters. The van der Waals surface area contributed by atoms with Crippen molar-refractivity contribution in [3.8, 4) is 0 Å². The molecule has 1 N–H and O–H groups in total. The van der Waals surface area contributed by atoms with E-state index in [-0.39, 0.29) is 29.3 Å². The van der Waals surface area contributed by atoms with Crippen molar-refractivity contribution in [2.24, 2.45) is 0 Å². The van der Waals surface area contributed by atoms with E-state index in [1.54, 1.807) is 6.92 Å². The Kier molecular flexibility index (Phi) is 6.09. The number of benzene rings is 1. The van der Waals surface area contributed by atoms with Crippen LogP contribution in [0, 0.1) is 19.7 Å². The number of halogens is 1. The van der Waals surface area contributed by atoms with Crippen LogP contribution in [-0.2, 0) is 21.2 Å². The predicted molar refractivity (Wildman–Crippen MR) is 110 cm³/mol. The van der Waals surface area contributed by atoms with Gasteiger partial charge < -0.3 is 5.32 Å². The standard InChI is InChI=1S/C20H27FN4O3S/c1-13-19(14(2)25(23-13)18-9-10-29(27,28)12-18)11-24(4)15(3)20(26)22-17-7-5-16(21)6-8-17/h5-8,15,18H,9-12H2,1-4H3,(H,22,26)/t15-,18-/m0/s1. The number of hydrogen-bond acceptors (Lipinski definition) is 5. The molecule has 1 fully saturated rings. The number of carbonyl (C=O) groups is 1. The van der Waals surface area contributed by atoms with Crippen molar-refractivity contribution in [3.63, 3.8) is 0 Å². The van der Waals surface area contributed by atoms with Crippen LogP contribution in [0.4, 0.5) is 10.1 Å². The van der Waals surface area contributed by atoms with Gasteiger partial charge in [0.1, 0.15) is 5.82 Å². The summed E-state index contributed by atoms with van der Waals surface area (Å²) in [5.74, 6) is -0.220. The molecule has 1 saturated heterocycles. The summed E-state index contributed by atoms with van der Waals surface area (Å²) >= 11 is 0. The van der Waals surface area contributed by atoms with Crippen LogP contribution in [0.3, 0.4) is 0 Å². The highest BCUT2D eigenvalue weighted by Gasteiger charge is 2.32. The van der Waals surface area contributed by atoms with Crippen LogP contribution in [0.2, 0.25) is 0 Å². The van der Waals surface area contributed by atoms with Gasteiger partial charge in [0.25, 0.3) is 0 Å². The number of amides is 1. The number of aromatic nitrogens is 2. The van der Waals surface area contributed by atoms with E-state index < -0.39 is 15.9 Å². The van der Waals surface area contributed by atoms with E-state index >= 15 is 0 Å². The van der Waals surface area contributed by atoms with E-state index in [4.69, 9.17) is 0 Å². The highest BCUT2D eigenvalue weighted by molar-refractivity contribution is 7.91. The summed E-state index contributed by atoms with van der Waals surface area (Å²) in [5.41, 5.74) is 3.31. The second-order valence-electron chi connectivity index (χ2n) is 7.74. The smallest absolute Gasteiger partial charge is 0.241 e. The lowest BCUT2D eigenvalue weighted by Gasteiger charge is -2.24. The van der Waals surface area contributed by atoms with Crippen molar-refractivity contribution in [1.82, 2.24) is 14.7 Å². The minimum atomic E-state index is -2.99. The maximum Gasteiger partial charge on any atom is 0.241 e. The first-order valence-electron chi connectivity index (χ1n) is 9.59. The van der Waals surface area contributed by atoms with Gasteiger partial charge in [0.05, 0.1) is 29.3 Å². The first-order chi connectivity index (χ1) is 13.6. The van der Waals surface area contributed by atoms with Crippen LogP contribution in [0.15, 0.2) is 24.3 Å². The molecule has 1 amide bonds. The van der Waals surface area contributed by atoms with Gasteiger partial charge in [0, 0.05) is 23.5 Å². The molecule has 7 nitrogen and oxygen atoms in total. The molecule has 1 aliphatic heterocycles. The first-order valence-corrected chi connectivity index (χ1v) is 11.4. The number of carbonyl (C=O) groups excluding carboxylic acids is 1. The molecule has 2 aromatic rings. The normalized spacial score (nSPS) is 19.4. The zero-order valence-electron chi connectivity index (χ0n) is 17.1. The van der Waals surface area contributed by atoms with E-state index in [1.165, 1.54) is 24.3 Å². The Hall–Kier alpha value is -2.26. The summed E-state index contributed by atoms with van der Waals surface area (Å²) in [7, 11) is -1.14. The lowest BCUT2D eigenvalue weighted by atomic mass is 10.1. The molecule has 2 heterocycles. The van der Waals surface area contributed by atoms with Crippen LogP contribution < -0.4 is 5.32 Å². The van der Waals surface area contributed by atoms with E-state index in [9.17, 15) is 17.6 Å². The third kappa shape index (κ3) is 4.84. The number of anilines is 1. The highest BCUT2D eigenvalue weighted by atomic mass is 32.2. The number of nitrogens with zero attached hydrogens (tertiary/aromatic N) is 3. The lowest BCUT2D eigenvalue weighted by molar-refractivity contribution is -0.120. The Morgan fingerprint density at radius 1 is 1.34 bits per heavy atom. The van der Waals surface area contributed by atoms with Crippen LogP contribution in [0.1, 0.15) is 36.3 Å². The van der Waals surface area contributed by atoms with Gasteiger partial charge in [-0.3, -0.25) is 14.4 Å². The van der Waals surface area contributed by atoms with Crippen molar-refractivity contribution in [2.75, 3.05) is 23.9 Å². The topological polar surface area (TPSA) is 84.3 Å². The maximum atomic E-state index is 13.0. The fourth-order valence-electron chi connectivity index (χ4n) is 3.62. The van der Waals surface area contributed by atoms with E-state index in [1.807, 2.05) is 30.5 Å². The molecule has 1 aromatic heterocycles. The summed E-state index contributed by atoms with van der Waals surface area (Å²) in [6, 6.07) is 5.09. The molecule has 1 aliphatic rings. The summed E-state index contributed by atoms with van der Waals surface area (Å²) in [4.78, 5) is 14.5. The van der Waals surface area contributed by atoms with Gasteiger partial charge in [0.2, 0.25) is 5.91 Å². The third-order valence-electron chi connectivity index (χ3n) is 5.59. The van der Waals surface area contributed by atoms with E-state index in [0.29, 0.717) is 18.7 Å². The van der Waals surface area contributed by atoms with Gasteiger partial charge >= 0.3 is 0 Å². The number of rotatable bonds is 6. The monoisotopic (exact) mass is 422 g/mol. The van der Waals surface area contributed by atoms with Crippen molar-refractivity contribution in [2.45, 2.75) is 45.8 Å². The first kappa shape index (κ1) is 21.4. The quantitative estimate of drug-likeness (QED) is 0.773. The Balaban J connectivity index is 1.69. The number of hydrogen-bond donors (Lipinski definition) is 1. The van der Waals surface area contributed by atoms with Crippen molar-refractivity contribution in [3.05, 3.63) is 47.0 Å². The summed E-state index contributed by atoms with van der Waals surface area (Å²) < 4.78 is 38.5. The Bertz CT molecular complexity index is 1000. The zero-order valence-corrected chi connectivity index (χ0v) is 18.0. The predicted octanol–water partition coefficient (Wildman–Crippen LogP) is 2.46. The maximum absolute atomic E-state index is 13.0. The Morgan fingerprint density at radius 2 is 2.00 bits per heavy atom. The van der Waals surface area contributed by atoms with Crippen molar-refractivity contribution in [1.29, 1.82) is 0 Å². The van der Waals surface area contributed by atoms with Crippen molar-refractivity contribution >= 4 is 21.4 Å². The lowest BCUT2D eigenvalue weighted by Crippen LogP contribution is -2.39. The Labute approximate surface area is 170 Å². The highest BCUT2D eigenvalue weighted by Crippen LogP contribution is 2.27.